The van der Waals surface area contributed by atoms with Gasteiger partial charge in [-0.1, -0.05) is 49.4 Å². The maximum absolute atomic E-state index is 11.8. The van der Waals surface area contributed by atoms with Gasteiger partial charge < -0.3 is 15.7 Å². The molecule has 0 aromatic heterocycles. The average molecular weight is 288 g/mol. The predicted octanol–water partition coefficient (Wildman–Crippen LogP) is 2.12. The lowest BCUT2D eigenvalue weighted by Crippen LogP contribution is -2.42. The second kappa shape index (κ2) is 6.92. The van der Waals surface area contributed by atoms with Gasteiger partial charge in [-0.05, 0) is 17.9 Å². The van der Waals surface area contributed by atoms with E-state index in [1.54, 1.807) is 12.2 Å². The van der Waals surface area contributed by atoms with Gasteiger partial charge in [0, 0.05) is 6.54 Å². The molecule has 0 saturated heterocycles. The minimum Gasteiger partial charge on any atom is -0.481 e. The molecule has 1 aliphatic carbocycles. The molecule has 112 valence electrons. The van der Waals surface area contributed by atoms with Crippen molar-refractivity contribution in [3.05, 3.63) is 48.0 Å². The van der Waals surface area contributed by atoms with E-state index in [9.17, 15) is 9.59 Å². The van der Waals surface area contributed by atoms with Crippen molar-refractivity contribution in [2.75, 3.05) is 6.54 Å². The Morgan fingerprint density at radius 1 is 1.29 bits per heavy atom. The zero-order valence-corrected chi connectivity index (χ0v) is 12.0. The molecule has 3 unspecified atom stereocenters. The van der Waals surface area contributed by atoms with Crippen LogP contribution in [-0.2, 0) is 4.79 Å². The minimum absolute atomic E-state index is 0.210. The van der Waals surface area contributed by atoms with Crippen molar-refractivity contribution in [3.63, 3.8) is 0 Å². The average Bonchev–Trinajstić information content (AvgIpc) is 2.94. The monoisotopic (exact) mass is 288 g/mol. The van der Waals surface area contributed by atoms with E-state index in [1.165, 1.54) is 5.56 Å². The highest BCUT2D eigenvalue weighted by Gasteiger charge is 2.25. The maximum Gasteiger partial charge on any atom is 0.315 e. The number of hydrogen-bond acceptors (Lipinski definition) is 2. The molecular weight excluding hydrogens is 268 g/mol. The van der Waals surface area contributed by atoms with Gasteiger partial charge in [0.1, 0.15) is 0 Å². The van der Waals surface area contributed by atoms with Crippen LogP contribution in [0, 0.1) is 5.92 Å². The molecule has 3 N–H and O–H groups in total. The normalized spacial score (nSPS) is 21.8. The number of aliphatic carboxylic acids is 1. The van der Waals surface area contributed by atoms with E-state index in [1.807, 2.05) is 37.3 Å². The Kier molecular flexibility index (Phi) is 4.98. The lowest BCUT2D eigenvalue weighted by molar-refractivity contribution is -0.140. The number of urea groups is 1. The Balaban J connectivity index is 1.73. The number of benzene rings is 1. The summed E-state index contributed by atoms with van der Waals surface area (Å²) in [5, 5.41) is 14.5. The molecule has 5 nitrogen and oxygen atoms in total. The fourth-order valence-electron chi connectivity index (χ4n) is 2.35. The third-order valence-corrected chi connectivity index (χ3v) is 3.65. The van der Waals surface area contributed by atoms with Crippen molar-refractivity contribution in [2.24, 2.45) is 5.92 Å². The molecule has 0 spiro atoms. The van der Waals surface area contributed by atoms with Gasteiger partial charge >= 0.3 is 12.0 Å². The summed E-state index contributed by atoms with van der Waals surface area (Å²) in [6.07, 6.45) is 3.77. The first kappa shape index (κ1) is 15.1. The molecule has 2 amide bonds. The van der Waals surface area contributed by atoms with Crippen molar-refractivity contribution in [1.82, 2.24) is 10.6 Å². The summed E-state index contributed by atoms with van der Waals surface area (Å²) in [4.78, 5) is 22.6. The number of amides is 2. The van der Waals surface area contributed by atoms with Gasteiger partial charge in [-0.25, -0.2) is 4.79 Å². The van der Waals surface area contributed by atoms with Gasteiger partial charge in [-0.15, -0.1) is 0 Å². The molecule has 21 heavy (non-hydrogen) atoms. The van der Waals surface area contributed by atoms with E-state index in [0.717, 1.165) is 0 Å². The molecule has 0 radical (unpaired) electrons. The molecule has 0 saturated carbocycles. The lowest BCUT2D eigenvalue weighted by atomic mass is 10.0. The molecule has 0 bridgehead atoms. The van der Waals surface area contributed by atoms with Crippen LogP contribution >= 0.6 is 0 Å². The van der Waals surface area contributed by atoms with Crippen LogP contribution in [0.4, 0.5) is 4.79 Å². The Hall–Kier alpha value is -2.30. The highest BCUT2D eigenvalue weighted by atomic mass is 16.4. The second-order valence-electron chi connectivity index (χ2n) is 5.34. The summed E-state index contributed by atoms with van der Waals surface area (Å²) >= 11 is 0. The van der Waals surface area contributed by atoms with Crippen LogP contribution in [0.3, 0.4) is 0 Å². The van der Waals surface area contributed by atoms with Crippen LogP contribution in [0.1, 0.15) is 24.8 Å². The van der Waals surface area contributed by atoms with Gasteiger partial charge in [0.2, 0.25) is 0 Å². The van der Waals surface area contributed by atoms with Crippen molar-refractivity contribution < 1.29 is 14.7 Å². The van der Waals surface area contributed by atoms with E-state index >= 15 is 0 Å². The largest absolute Gasteiger partial charge is 0.481 e. The highest BCUT2D eigenvalue weighted by Crippen LogP contribution is 2.18. The molecule has 0 aliphatic heterocycles. The van der Waals surface area contributed by atoms with Gasteiger partial charge in [-0.2, -0.15) is 0 Å². The van der Waals surface area contributed by atoms with Gasteiger partial charge in [0.25, 0.3) is 0 Å². The van der Waals surface area contributed by atoms with Crippen molar-refractivity contribution in [2.45, 2.75) is 25.3 Å². The first-order valence-electron chi connectivity index (χ1n) is 7.06. The van der Waals surface area contributed by atoms with Crippen LogP contribution in [0.5, 0.6) is 0 Å². The fraction of sp³-hybridized carbons (Fsp3) is 0.375. The van der Waals surface area contributed by atoms with Crippen LogP contribution in [0.2, 0.25) is 0 Å². The minimum atomic E-state index is -0.853. The smallest absolute Gasteiger partial charge is 0.315 e. The molecule has 0 fully saturated rings. The van der Waals surface area contributed by atoms with Gasteiger partial charge in [0.15, 0.2) is 0 Å². The number of carboxylic acids is 1. The number of carboxylic acid groups (broad SMARTS) is 1. The van der Waals surface area contributed by atoms with Crippen LogP contribution in [-0.4, -0.2) is 29.7 Å². The number of rotatable bonds is 5. The number of carbonyl (C=O) groups is 2. The molecule has 1 aromatic rings. The number of carbonyl (C=O) groups excluding carboxylic acids is 1. The quantitative estimate of drug-likeness (QED) is 0.726. The van der Waals surface area contributed by atoms with Crippen LogP contribution in [0.15, 0.2) is 42.5 Å². The van der Waals surface area contributed by atoms with E-state index in [-0.39, 0.29) is 18.0 Å². The molecule has 0 heterocycles. The second-order valence-corrected chi connectivity index (χ2v) is 5.34. The maximum atomic E-state index is 11.8. The van der Waals surface area contributed by atoms with E-state index in [0.29, 0.717) is 13.0 Å². The standard InChI is InChI=1S/C16H20N2O3/c1-11(12-5-3-2-4-6-12)10-17-16(21)18-14-8-7-13(9-14)15(19)20/h2-8,11,13-14H,9-10H2,1H3,(H,19,20)(H2,17,18,21). The third-order valence-electron chi connectivity index (χ3n) is 3.65. The first-order valence-corrected chi connectivity index (χ1v) is 7.06. The number of hydrogen-bond donors (Lipinski definition) is 3. The SMILES string of the molecule is CC(CNC(=O)NC1C=CC(C(=O)O)C1)c1ccccc1. The van der Waals surface area contributed by atoms with Crippen molar-refractivity contribution in [1.29, 1.82) is 0 Å². The molecule has 5 heteroatoms. The zero-order valence-electron chi connectivity index (χ0n) is 12.0. The number of nitrogens with one attached hydrogen (secondary N) is 2. The van der Waals surface area contributed by atoms with E-state index in [4.69, 9.17) is 5.11 Å². The summed E-state index contributed by atoms with van der Waals surface area (Å²) in [6, 6.07) is 9.49. The third kappa shape index (κ3) is 4.34. The van der Waals surface area contributed by atoms with E-state index < -0.39 is 11.9 Å². The molecular formula is C16H20N2O3. The van der Waals surface area contributed by atoms with Crippen LogP contribution < -0.4 is 10.6 Å². The summed E-state index contributed by atoms with van der Waals surface area (Å²) in [5.74, 6) is -1.13. The Morgan fingerprint density at radius 3 is 2.62 bits per heavy atom. The highest BCUT2D eigenvalue weighted by molar-refractivity contribution is 5.76. The zero-order chi connectivity index (χ0) is 15.2. The lowest BCUT2D eigenvalue weighted by Gasteiger charge is -2.16. The van der Waals surface area contributed by atoms with Gasteiger partial charge in [-0.3, -0.25) is 4.79 Å². The summed E-state index contributed by atoms with van der Waals surface area (Å²) in [7, 11) is 0. The Bertz CT molecular complexity index is 528. The Labute approximate surface area is 124 Å². The van der Waals surface area contributed by atoms with E-state index in [2.05, 4.69) is 10.6 Å². The van der Waals surface area contributed by atoms with Crippen molar-refractivity contribution >= 4 is 12.0 Å². The molecule has 1 aromatic carbocycles. The molecule has 3 atom stereocenters. The Morgan fingerprint density at radius 2 is 2.00 bits per heavy atom. The van der Waals surface area contributed by atoms with Crippen molar-refractivity contribution in [3.8, 4) is 0 Å². The predicted molar refractivity (Wildman–Crippen MR) is 80.1 cm³/mol. The summed E-state index contributed by atoms with van der Waals surface area (Å²) in [6.45, 7) is 2.58. The molecule has 1 aliphatic rings. The van der Waals surface area contributed by atoms with Gasteiger partial charge in [0.05, 0.1) is 12.0 Å². The van der Waals surface area contributed by atoms with Crippen LogP contribution in [0.25, 0.3) is 0 Å². The molecule has 2 rings (SSSR count). The summed E-state index contributed by atoms with van der Waals surface area (Å²) < 4.78 is 0. The fourth-order valence-corrected chi connectivity index (χ4v) is 2.35. The first-order chi connectivity index (χ1) is 10.1. The topological polar surface area (TPSA) is 78.4 Å². The summed E-state index contributed by atoms with van der Waals surface area (Å²) in [5.41, 5.74) is 1.17.